The largest absolute Gasteiger partial charge is 0.307 e. The number of hydrogen-bond acceptors (Lipinski definition) is 1. The standard InChI is InChI=1S/C18H19F2N/c1-12(17-11-15(19)7-9-18(17)20)21-16-8-6-13-4-2-3-5-14(13)10-16/h2-5,7,9,11-12,16,21H,6,8,10H2,1H3. The Morgan fingerprint density at radius 2 is 1.86 bits per heavy atom. The van der Waals surface area contributed by atoms with Crippen molar-refractivity contribution in [2.24, 2.45) is 0 Å². The molecule has 1 aliphatic rings. The minimum Gasteiger partial charge on any atom is -0.307 e. The van der Waals surface area contributed by atoms with E-state index < -0.39 is 5.82 Å². The zero-order chi connectivity index (χ0) is 14.8. The Morgan fingerprint density at radius 3 is 2.67 bits per heavy atom. The predicted molar refractivity (Wildman–Crippen MR) is 80.2 cm³/mol. The van der Waals surface area contributed by atoms with E-state index in [1.165, 1.54) is 23.3 Å². The molecule has 3 heteroatoms. The summed E-state index contributed by atoms with van der Waals surface area (Å²) >= 11 is 0. The summed E-state index contributed by atoms with van der Waals surface area (Å²) in [5.41, 5.74) is 3.15. The Morgan fingerprint density at radius 1 is 1.10 bits per heavy atom. The van der Waals surface area contributed by atoms with Crippen LogP contribution in [0.2, 0.25) is 0 Å². The summed E-state index contributed by atoms with van der Waals surface area (Å²) in [6.45, 7) is 1.89. The van der Waals surface area contributed by atoms with Crippen molar-refractivity contribution < 1.29 is 8.78 Å². The van der Waals surface area contributed by atoms with E-state index in [1.54, 1.807) is 0 Å². The van der Waals surface area contributed by atoms with Crippen molar-refractivity contribution in [3.8, 4) is 0 Å². The van der Waals surface area contributed by atoms with Gasteiger partial charge < -0.3 is 5.32 Å². The molecule has 0 saturated carbocycles. The minimum atomic E-state index is -0.394. The van der Waals surface area contributed by atoms with Crippen LogP contribution in [-0.2, 0) is 12.8 Å². The molecule has 0 aliphatic heterocycles. The minimum absolute atomic E-state index is 0.198. The predicted octanol–water partition coefficient (Wildman–Crippen LogP) is 4.17. The van der Waals surface area contributed by atoms with Crippen LogP contribution in [0.15, 0.2) is 42.5 Å². The van der Waals surface area contributed by atoms with Gasteiger partial charge in [0.1, 0.15) is 11.6 Å². The number of rotatable bonds is 3. The van der Waals surface area contributed by atoms with Crippen molar-refractivity contribution in [3.63, 3.8) is 0 Å². The molecule has 0 amide bonds. The summed E-state index contributed by atoms with van der Waals surface area (Å²) in [4.78, 5) is 0. The van der Waals surface area contributed by atoms with Crippen LogP contribution in [0, 0.1) is 11.6 Å². The van der Waals surface area contributed by atoms with Gasteiger partial charge in [-0.3, -0.25) is 0 Å². The summed E-state index contributed by atoms with van der Waals surface area (Å²) < 4.78 is 27.1. The molecule has 2 unspecified atom stereocenters. The molecule has 21 heavy (non-hydrogen) atoms. The van der Waals surface area contributed by atoms with Gasteiger partial charge in [-0.25, -0.2) is 8.78 Å². The molecule has 1 N–H and O–H groups in total. The topological polar surface area (TPSA) is 12.0 Å². The Balaban J connectivity index is 1.71. The van der Waals surface area contributed by atoms with Gasteiger partial charge in [-0.2, -0.15) is 0 Å². The highest BCUT2D eigenvalue weighted by Crippen LogP contribution is 2.24. The summed E-state index contributed by atoms with van der Waals surface area (Å²) in [6, 6.07) is 12.2. The van der Waals surface area contributed by atoms with Crippen LogP contribution in [0.3, 0.4) is 0 Å². The summed E-state index contributed by atoms with van der Waals surface area (Å²) in [5.74, 6) is -0.748. The number of hydrogen-bond donors (Lipinski definition) is 1. The number of fused-ring (bicyclic) bond motifs is 1. The highest BCUT2D eigenvalue weighted by atomic mass is 19.1. The molecule has 0 fully saturated rings. The molecular weight excluding hydrogens is 268 g/mol. The maximum atomic E-state index is 13.8. The van der Waals surface area contributed by atoms with E-state index in [9.17, 15) is 8.78 Å². The van der Waals surface area contributed by atoms with Gasteiger partial charge in [0.05, 0.1) is 0 Å². The van der Waals surface area contributed by atoms with Gasteiger partial charge in [0.15, 0.2) is 0 Å². The summed E-state index contributed by atoms with van der Waals surface area (Å²) in [5, 5.41) is 3.44. The van der Waals surface area contributed by atoms with E-state index in [0.717, 1.165) is 25.3 Å². The lowest BCUT2D eigenvalue weighted by molar-refractivity contribution is 0.404. The van der Waals surface area contributed by atoms with Crippen LogP contribution in [0.5, 0.6) is 0 Å². The van der Waals surface area contributed by atoms with Crippen LogP contribution in [0.25, 0.3) is 0 Å². The molecule has 2 aromatic rings. The van der Waals surface area contributed by atoms with Crippen LogP contribution in [-0.4, -0.2) is 6.04 Å². The van der Waals surface area contributed by atoms with Gasteiger partial charge in [-0.05, 0) is 55.5 Å². The van der Waals surface area contributed by atoms with E-state index >= 15 is 0 Å². The van der Waals surface area contributed by atoms with E-state index in [1.807, 2.05) is 6.92 Å². The molecule has 0 saturated heterocycles. The molecule has 3 rings (SSSR count). The lowest BCUT2D eigenvalue weighted by atomic mass is 9.88. The molecule has 110 valence electrons. The van der Waals surface area contributed by atoms with Crippen molar-refractivity contribution in [1.29, 1.82) is 0 Å². The highest BCUT2D eigenvalue weighted by Gasteiger charge is 2.21. The first kappa shape index (κ1) is 14.2. The lowest BCUT2D eigenvalue weighted by Crippen LogP contribution is -2.36. The molecule has 0 radical (unpaired) electrons. The van der Waals surface area contributed by atoms with E-state index in [0.29, 0.717) is 11.6 Å². The van der Waals surface area contributed by atoms with Gasteiger partial charge in [-0.15, -0.1) is 0 Å². The molecule has 2 aromatic carbocycles. The van der Waals surface area contributed by atoms with Gasteiger partial charge >= 0.3 is 0 Å². The van der Waals surface area contributed by atoms with Crippen molar-refractivity contribution >= 4 is 0 Å². The fourth-order valence-corrected chi connectivity index (χ4v) is 3.13. The van der Waals surface area contributed by atoms with Crippen LogP contribution in [0.4, 0.5) is 8.78 Å². The normalized spacial score (nSPS) is 19.1. The Bertz CT molecular complexity index is 639. The number of aryl methyl sites for hydroxylation is 1. The zero-order valence-electron chi connectivity index (χ0n) is 12.1. The van der Waals surface area contributed by atoms with Crippen molar-refractivity contribution in [2.75, 3.05) is 0 Å². The smallest absolute Gasteiger partial charge is 0.128 e. The summed E-state index contributed by atoms with van der Waals surface area (Å²) in [7, 11) is 0. The first-order valence-corrected chi connectivity index (χ1v) is 7.41. The van der Waals surface area contributed by atoms with Crippen molar-refractivity contribution in [2.45, 2.75) is 38.3 Å². The number of benzene rings is 2. The maximum absolute atomic E-state index is 13.8. The maximum Gasteiger partial charge on any atom is 0.128 e. The lowest BCUT2D eigenvalue weighted by Gasteiger charge is -2.28. The average Bonchev–Trinajstić information content (AvgIpc) is 2.49. The number of nitrogens with one attached hydrogen (secondary N) is 1. The Hall–Kier alpha value is -1.74. The molecule has 2 atom stereocenters. The van der Waals surface area contributed by atoms with Crippen molar-refractivity contribution in [1.82, 2.24) is 5.32 Å². The molecule has 0 bridgehead atoms. The molecule has 1 nitrogen and oxygen atoms in total. The van der Waals surface area contributed by atoms with E-state index in [-0.39, 0.29) is 11.9 Å². The zero-order valence-corrected chi connectivity index (χ0v) is 12.1. The summed E-state index contributed by atoms with van der Waals surface area (Å²) in [6.07, 6.45) is 3.00. The SMILES string of the molecule is CC(NC1CCc2ccccc2C1)c1cc(F)ccc1F. The van der Waals surface area contributed by atoms with Gasteiger partial charge in [0.2, 0.25) is 0 Å². The van der Waals surface area contributed by atoms with Gasteiger partial charge in [0.25, 0.3) is 0 Å². The second-order valence-electron chi connectivity index (χ2n) is 5.76. The first-order chi connectivity index (χ1) is 10.1. The van der Waals surface area contributed by atoms with Crippen LogP contribution in [0.1, 0.15) is 36.1 Å². The third kappa shape index (κ3) is 3.13. The fourth-order valence-electron chi connectivity index (χ4n) is 3.13. The van der Waals surface area contributed by atoms with Crippen LogP contribution < -0.4 is 5.32 Å². The molecular formula is C18H19F2N. The van der Waals surface area contributed by atoms with Gasteiger partial charge in [0, 0.05) is 17.6 Å². The number of halogens is 2. The Kier molecular flexibility index (Phi) is 4.02. The van der Waals surface area contributed by atoms with Crippen LogP contribution >= 0.6 is 0 Å². The molecule has 0 spiro atoms. The quantitative estimate of drug-likeness (QED) is 0.893. The fraction of sp³-hybridized carbons (Fsp3) is 0.333. The van der Waals surface area contributed by atoms with E-state index in [2.05, 4.69) is 29.6 Å². The first-order valence-electron chi connectivity index (χ1n) is 7.41. The monoisotopic (exact) mass is 287 g/mol. The molecule has 0 aromatic heterocycles. The third-order valence-corrected chi connectivity index (χ3v) is 4.26. The average molecular weight is 287 g/mol. The van der Waals surface area contributed by atoms with Crippen molar-refractivity contribution in [3.05, 3.63) is 70.8 Å². The second-order valence-corrected chi connectivity index (χ2v) is 5.76. The molecule has 0 heterocycles. The van der Waals surface area contributed by atoms with E-state index in [4.69, 9.17) is 0 Å². The third-order valence-electron chi connectivity index (χ3n) is 4.26. The Labute approximate surface area is 124 Å². The highest BCUT2D eigenvalue weighted by molar-refractivity contribution is 5.30. The molecule has 1 aliphatic carbocycles. The second kappa shape index (κ2) is 5.94. The van der Waals surface area contributed by atoms with Gasteiger partial charge in [-0.1, -0.05) is 24.3 Å².